The van der Waals surface area contributed by atoms with Crippen LogP contribution >= 0.6 is 11.5 Å². The molecule has 20 heavy (non-hydrogen) atoms. The molecule has 1 heterocycles. The molecule has 0 radical (unpaired) electrons. The van der Waals surface area contributed by atoms with Gasteiger partial charge in [-0.05, 0) is 50.6 Å². The van der Waals surface area contributed by atoms with Crippen LogP contribution in [-0.4, -0.2) is 36.5 Å². The first-order chi connectivity index (χ1) is 9.68. The lowest BCUT2D eigenvalue weighted by Gasteiger charge is -2.10. The summed E-state index contributed by atoms with van der Waals surface area (Å²) in [6.07, 6.45) is 2.33. The molecule has 0 aliphatic rings. The van der Waals surface area contributed by atoms with Crippen LogP contribution in [0.1, 0.15) is 12.8 Å². The maximum atomic E-state index is 6.00. The van der Waals surface area contributed by atoms with Gasteiger partial charge in [-0.3, -0.25) is 0 Å². The van der Waals surface area contributed by atoms with E-state index < -0.39 is 0 Å². The quantitative estimate of drug-likeness (QED) is 0.769. The first kappa shape index (κ1) is 14.8. The molecule has 0 spiro atoms. The Hall–Kier alpha value is -1.59. The number of anilines is 2. The molecule has 108 valence electrons. The van der Waals surface area contributed by atoms with Crippen molar-refractivity contribution in [3.8, 4) is 11.1 Å². The smallest absolute Gasteiger partial charge is 0.147 e. The minimum atomic E-state index is 0.608. The van der Waals surface area contributed by atoms with Crippen molar-refractivity contribution in [2.24, 2.45) is 0 Å². The summed E-state index contributed by atoms with van der Waals surface area (Å²) in [4.78, 5) is 2.21. The molecular weight excluding hydrogens is 268 g/mol. The third-order valence-electron chi connectivity index (χ3n) is 3.10. The van der Waals surface area contributed by atoms with Gasteiger partial charge in [-0.25, -0.2) is 0 Å². The minimum Gasteiger partial charge on any atom is -0.382 e. The second kappa shape index (κ2) is 7.26. The highest BCUT2D eigenvalue weighted by Gasteiger charge is 2.12. The number of benzene rings is 1. The minimum absolute atomic E-state index is 0.608. The Morgan fingerprint density at radius 2 is 1.95 bits per heavy atom. The molecule has 3 N–H and O–H groups in total. The Balaban J connectivity index is 1.96. The van der Waals surface area contributed by atoms with Gasteiger partial charge in [0.1, 0.15) is 10.8 Å². The molecule has 5 heteroatoms. The zero-order valence-electron chi connectivity index (χ0n) is 12.1. The largest absolute Gasteiger partial charge is 0.382 e. The number of hydrogen-bond acceptors (Lipinski definition) is 5. The highest BCUT2D eigenvalue weighted by Crippen LogP contribution is 2.36. The molecule has 1 aromatic carbocycles. The molecule has 0 saturated carbocycles. The molecule has 2 aromatic rings. The molecule has 0 unspecified atom stereocenters. The number of nitrogens with zero attached hydrogens (tertiary/aromatic N) is 2. The van der Waals surface area contributed by atoms with Gasteiger partial charge in [0.15, 0.2) is 0 Å². The summed E-state index contributed by atoms with van der Waals surface area (Å²) in [7, 11) is 4.20. The molecule has 0 atom stereocenters. The predicted octanol–water partition coefficient (Wildman–Crippen LogP) is 3.15. The summed E-state index contributed by atoms with van der Waals surface area (Å²) in [5.41, 5.74) is 8.15. The Bertz CT molecular complexity index is 522. The summed E-state index contributed by atoms with van der Waals surface area (Å²) in [6, 6.07) is 10.2. The summed E-state index contributed by atoms with van der Waals surface area (Å²) in [6.45, 7) is 2.08. The van der Waals surface area contributed by atoms with E-state index in [0.717, 1.165) is 35.6 Å². The van der Waals surface area contributed by atoms with Crippen LogP contribution in [-0.2, 0) is 0 Å². The van der Waals surface area contributed by atoms with Gasteiger partial charge in [0.05, 0.1) is 5.56 Å². The van der Waals surface area contributed by atoms with E-state index in [1.807, 2.05) is 18.2 Å². The number of nitrogens with one attached hydrogen (secondary N) is 1. The molecule has 0 bridgehead atoms. The van der Waals surface area contributed by atoms with E-state index in [1.165, 1.54) is 18.0 Å². The van der Waals surface area contributed by atoms with E-state index >= 15 is 0 Å². The number of unbranched alkanes of at least 4 members (excludes halogenated alkanes) is 1. The Morgan fingerprint density at radius 1 is 1.20 bits per heavy atom. The second-order valence-electron chi connectivity index (χ2n) is 5.08. The number of nitrogen functional groups attached to an aromatic ring is 1. The van der Waals surface area contributed by atoms with Crippen molar-refractivity contribution in [1.29, 1.82) is 0 Å². The van der Waals surface area contributed by atoms with Crippen LogP contribution in [0.25, 0.3) is 11.1 Å². The number of aromatic nitrogens is 1. The molecular formula is C15H22N4S. The Labute approximate surface area is 124 Å². The van der Waals surface area contributed by atoms with Gasteiger partial charge in [0.25, 0.3) is 0 Å². The maximum Gasteiger partial charge on any atom is 0.147 e. The van der Waals surface area contributed by atoms with Crippen LogP contribution in [0.2, 0.25) is 0 Å². The SMILES string of the molecule is CN(C)CCCCNc1snc(N)c1-c1ccccc1. The fourth-order valence-corrected chi connectivity index (χ4v) is 2.82. The van der Waals surface area contributed by atoms with Crippen molar-refractivity contribution in [3.05, 3.63) is 30.3 Å². The summed E-state index contributed by atoms with van der Waals surface area (Å²) >= 11 is 1.44. The van der Waals surface area contributed by atoms with E-state index in [1.54, 1.807) is 0 Å². The molecule has 0 aliphatic heterocycles. The van der Waals surface area contributed by atoms with Crippen LogP contribution in [0.5, 0.6) is 0 Å². The van der Waals surface area contributed by atoms with Crippen LogP contribution < -0.4 is 11.1 Å². The molecule has 2 rings (SSSR count). The maximum absolute atomic E-state index is 6.00. The number of rotatable bonds is 7. The summed E-state index contributed by atoms with van der Waals surface area (Å²) in [5, 5.41) is 4.53. The average molecular weight is 290 g/mol. The number of hydrogen-bond donors (Lipinski definition) is 2. The lowest BCUT2D eigenvalue weighted by molar-refractivity contribution is 0.396. The van der Waals surface area contributed by atoms with Gasteiger partial charge in [-0.1, -0.05) is 30.3 Å². The van der Waals surface area contributed by atoms with E-state index in [9.17, 15) is 0 Å². The first-order valence-corrected chi connectivity index (χ1v) is 7.65. The zero-order chi connectivity index (χ0) is 14.4. The van der Waals surface area contributed by atoms with Gasteiger partial charge in [-0.2, -0.15) is 4.37 Å². The second-order valence-corrected chi connectivity index (χ2v) is 5.85. The van der Waals surface area contributed by atoms with Crippen LogP contribution in [0.3, 0.4) is 0 Å². The van der Waals surface area contributed by atoms with Gasteiger partial charge >= 0.3 is 0 Å². The van der Waals surface area contributed by atoms with E-state index in [-0.39, 0.29) is 0 Å². The molecule has 0 amide bonds. The average Bonchev–Trinajstić information content (AvgIpc) is 2.80. The van der Waals surface area contributed by atoms with E-state index in [4.69, 9.17) is 5.73 Å². The van der Waals surface area contributed by atoms with Crippen molar-refractivity contribution < 1.29 is 0 Å². The third kappa shape index (κ3) is 3.95. The topological polar surface area (TPSA) is 54.2 Å². The van der Waals surface area contributed by atoms with Crippen LogP contribution in [0, 0.1) is 0 Å². The highest BCUT2D eigenvalue weighted by atomic mass is 32.1. The van der Waals surface area contributed by atoms with Crippen molar-refractivity contribution in [2.75, 3.05) is 38.2 Å². The Kier molecular flexibility index (Phi) is 5.38. The fraction of sp³-hybridized carbons (Fsp3) is 0.400. The van der Waals surface area contributed by atoms with Gasteiger partial charge in [0.2, 0.25) is 0 Å². The van der Waals surface area contributed by atoms with Gasteiger partial charge < -0.3 is 16.0 Å². The van der Waals surface area contributed by atoms with Crippen LogP contribution in [0.15, 0.2) is 30.3 Å². The zero-order valence-corrected chi connectivity index (χ0v) is 12.9. The standard InChI is InChI=1S/C15H22N4S/c1-19(2)11-7-6-10-17-15-13(14(16)18-20-15)12-8-4-3-5-9-12/h3-5,8-9,17H,6-7,10-11H2,1-2H3,(H2,16,18). The van der Waals surface area contributed by atoms with Crippen LogP contribution in [0.4, 0.5) is 10.8 Å². The first-order valence-electron chi connectivity index (χ1n) is 6.87. The Morgan fingerprint density at radius 3 is 2.65 bits per heavy atom. The summed E-state index contributed by atoms with van der Waals surface area (Å²) in [5.74, 6) is 0.608. The third-order valence-corrected chi connectivity index (χ3v) is 3.92. The molecule has 1 aromatic heterocycles. The molecule has 4 nitrogen and oxygen atoms in total. The normalized spacial score (nSPS) is 10.9. The van der Waals surface area contributed by atoms with Crippen molar-refractivity contribution in [1.82, 2.24) is 9.27 Å². The molecule has 0 saturated heterocycles. The van der Waals surface area contributed by atoms with E-state index in [2.05, 4.69) is 40.8 Å². The van der Waals surface area contributed by atoms with Gasteiger partial charge in [-0.15, -0.1) is 0 Å². The lowest BCUT2D eigenvalue weighted by atomic mass is 10.1. The number of nitrogens with two attached hydrogens (primary N) is 1. The highest BCUT2D eigenvalue weighted by molar-refractivity contribution is 7.11. The van der Waals surface area contributed by atoms with Crippen molar-refractivity contribution >= 4 is 22.4 Å². The monoisotopic (exact) mass is 290 g/mol. The summed E-state index contributed by atoms with van der Waals surface area (Å²) < 4.78 is 4.27. The van der Waals surface area contributed by atoms with E-state index in [0.29, 0.717) is 5.82 Å². The molecule has 0 aliphatic carbocycles. The van der Waals surface area contributed by atoms with Gasteiger partial charge in [0, 0.05) is 6.54 Å². The lowest BCUT2D eigenvalue weighted by Crippen LogP contribution is -2.14. The predicted molar refractivity (Wildman–Crippen MR) is 88.2 cm³/mol. The molecule has 0 fully saturated rings. The van der Waals surface area contributed by atoms with Crippen molar-refractivity contribution in [3.63, 3.8) is 0 Å². The van der Waals surface area contributed by atoms with Crippen molar-refractivity contribution in [2.45, 2.75) is 12.8 Å². The fourth-order valence-electron chi connectivity index (χ4n) is 2.06.